The molecule has 5 heterocycles. The molecule has 0 unspecified atom stereocenters. The molecule has 0 aromatic rings. The van der Waals surface area contributed by atoms with E-state index in [4.69, 9.17) is 0 Å². The number of hydrogen-bond donors (Lipinski definition) is 3. The molecule has 244 valence electrons. The fourth-order valence-electron chi connectivity index (χ4n) is 7.80. The molecule has 5 amide bonds. The van der Waals surface area contributed by atoms with Crippen LogP contribution in [0.15, 0.2) is 0 Å². The number of carboxylic acids is 1. The lowest BCUT2D eigenvalue weighted by molar-refractivity contribution is -0.152. The molecule has 0 aromatic heterocycles. The second-order valence-electron chi connectivity index (χ2n) is 13.4. The van der Waals surface area contributed by atoms with Crippen molar-refractivity contribution in [1.29, 1.82) is 0 Å². The molecular formula is C31H48N6O7. The van der Waals surface area contributed by atoms with E-state index in [0.717, 1.165) is 25.8 Å². The molecule has 0 bridgehead atoms. The van der Waals surface area contributed by atoms with Gasteiger partial charge in [-0.2, -0.15) is 0 Å². The number of rotatable bonds is 9. The summed E-state index contributed by atoms with van der Waals surface area (Å²) in [6.07, 6.45) is 6.57. The molecule has 6 atom stereocenters. The fourth-order valence-corrected chi connectivity index (χ4v) is 7.80. The fraction of sp³-hybridized carbons (Fsp3) is 0.806. The largest absolute Gasteiger partial charge is 0.480 e. The van der Waals surface area contributed by atoms with E-state index in [1.165, 1.54) is 9.80 Å². The Morgan fingerprint density at radius 1 is 0.682 bits per heavy atom. The molecule has 5 rings (SSSR count). The molecule has 0 spiro atoms. The lowest BCUT2D eigenvalue weighted by Crippen LogP contribution is -2.58. The average Bonchev–Trinajstić information content (AvgIpc) is 3.84. The number of amides is 5. The summed E-state index contributed by atoms with van der Waals surface area (Å²) >= 11 is 0. The number of nitrogens with zero attached hydrogens (tertiary/aromatic N) is 4. The summed E-state index contributed by atoms with van der Waals surface area (Å²) in [4.78, 5) is 86.0. The number of likely N-dealkylation sites (tertiary alicyclic amines) is 4. The number of carbonyl (C=O) groups is 6. The predicted molar refractivity (Wildman–Crippen MR) is 159 cm³/mol. The van der Waals surface area contributed by atoms with Crippen molar-refractivity contribution in [2.45, 2.75) is 121 Å². The van der Waals surface area contributed by atoms with Gasteiger partial charge in [0.05, 0.1) is 6.04 Å². The first-order chi connectivity index (χ1) is 21.1. The Labute approximate surface area is 259 Å². The van der Waals surface area contributed by atoms with Crippen LogP contribution in [0.4, 0.5) is 0 Å². The highest BCUT2D eigenvalue weighted by Gasteiger charge is 2.46. The van der Waals surface area contributed by atoms with Crippen LogP contribution in [0.25, 0.3) is 0 Å². The molecule has 0 saturated carbocycles. The normalized spacial score (nSPS) is 29.5. The first kappa shape index (κ1) is 32.2. The van der Waals surface area contributed by atoms with Gasteiger partial charge >= 0.3 is 5.97 Å². The van der Waals surface area contributed by atoms with Crippen molar-refractivity contribution in [3.05, 3.63) is 0 Å². The van der Waals surface area contributed by atoms with Gasteiger partial charge in [0.25, 0.3) is 0 Å². The summed E-state index contributed by atoms with van der Waals surface area (Å²) in [6.45, 7) is 6.37. The SMILES string of the molecule is CC(C)C[C@H](NC(=O)[C@@H]1CCCN1C(=O)[C@@H]1CCCN1C(=O)[C@@H]1CCCN1)C(=O)N1CCC[C@H]1C(=O)N1CCC[C@H]1C(=O)O. The van der Waals surface area contributed by atoms with E-state index in [1.807, 2.05) is 13.8 Å². The molecule has 44 heavy (non-hydrogen) atoms. The van der Waals surface area contributed by atoms with E-state index < -0.39 is 42.1 Å². The highest BCUT2D eigenvalue weighted by atomic mass is 16.4. The van der Waals surface area contributed by atoms with Crippen LogP contribution >= 0.6 is 0 Å². The summed E-state index contributed by atoms with van der Waals surface area (Å²) < 4.78 is 0. The minimum absolute atomic E-state index is 0.0422. The standard InChI is InChI=1S/C31H48N6O7/c1-19(2)18-21(28(40)36-16-6-11-24(36)30(42)37-17-7-12-25(37)31(43)44)33-26(38)22-9-4-14-34(22)29(41)23-10-5-15-35(23)27(39)20-8-3-13-32-20/h19-25,32H,3-18H2,1-2H3,(H,33,38)(H,43,44)/t20-,21-,22-,23-,24-,25-/m0/s1. The lowest BCUT2D eigenvalue weighted by Gasteiger charge is -2.34. The topological polar surface area (TPSA) is 160 Å². The van der Waals surface area contributed by atoms with Gasteiger partial charge in [0.15, 0.2) is 0 Å². The van der Waals surface area contributed by atoms with Gasteiger partial charge in [-0.1, -0.05) is 13.8 Å². The minimum atomic E-state index is -1.03. The Bertz CT molecular complexity index is 1140. The van der Waals surface area contributed by atoms with E-state index in [2.05, 4.69) is 10.6 Å². The smallest absolute Gasteiger partial charge is 0.326 e. The number of carboxylic acid groups (broad SMARTS) is 1. The average molecular weight is 617 g/mol. The number of hydrogen-bond acceptors (Lipinski definition) is 7. The lowest BCUT2D eigenvalue weighted by atomic mass is 10.0. The Balaban J connectivity index is 1.26. The van der Waals surface area contributed by atoms with Crippen LogP contribution in [0.1, 0.15) is 84.5 Å². The van der Waals surface area contributed by atoms with Gasteiger partial charge in [0.2, 0.25) is 29.5 Å². The molecular weight excluding hydrogens is 568 g/mol. The highest BCUT2D eigenvalue weighted by molar-refractivity contribution is 5.97. The number of carbonyl (C=O) groups excluding carboxylic acids is 5. The maximum Gasteiger partial charge on any atom is 0.326 e. The summed E-state index contributed by atoms with van der Waals surface area (Å²) in [7, 11) is 0. The predicted octanol–water partition coefficient (Wildman–Crippen LogP) is 0.318. The highest BCUT2D eigenvalue weighted by Crippen LogP contribution is 2.28. The zero-order valence-electron chi connectivity index (χ0n) is 26.0. The van der Waals surface area contributed by atoms with Crippen molar-refractivity contribution in [2.24, 2.45) is 5.92 Å². The van der Waals surface area contributed by atoms with Crippen LogP contribution in [-0.2, 0) is 28.8 Å². The van der Waals surface area contributed by atoms with E-state index in [9.17, 15) is 33.9 Å². The van der Waals surface area contributed by atoms with Gasteiger partial charge in [-0.05, 0) is 83.1 Å². The zero-order valence-corrected chi connectivity index (χ0v) is 26.0. The maximum absolute atomic E-state index is 13.9. The maximum atomic E-state index is 13.9. The quantitative estimate of drug-likeness (QED) is 0.334. The third-order valence-electron chi connectivity index (χ3n) is 9.98. The van der Waals surface area contributed by atoms with Crippen molar-refractivity contribution < 1.29 is 33.9 Å². The van der Waals surface area contributed by atoms with Crippen LogP contribution in [0, 0.1) is 5.92 Å². The molecule has 0 aromatic carbocycles. The van der Waals surface area contributed by atoms with Crippen LogP contribution in [0.5, 0.6) is 0 Å². The summed E-state index contributed by atoms with van der Waals surface area (Å²) in [5, 5.41) is 15.8. The van der Waals surface area contributed by atoms with Crippen molar-refractivity contribution in [2.75, 3.05) is 32.7 Å². The van der Waals surface area contributed by atoms with Gasteiger partial charge in [-0.25, -0.2) is 4.79 Å². The van der Waals surface area contributed by atoms with Crippen molar-refractivity contribution >= 4 is 35.5 Å². The monoisotopic (exact) mass is 616 g/mol. The van der Waals surface area contributed by atoms with Gasteiger partial charge < -0.3 is 35.3 Å². The van der Waals surface area contributed by atoms with Crippen LogP contribution < -0.4 is 10.6 Å². The summed E-state index contributed by atoms with van der Waals surface area (Å²) in [5.41, 5.74) is 0. The molecule has 5 aliphatic rings. The summed E-state index contributed by atoms with van der Waals surface area (Å²) in [6, 6.07) is -4.07. The van der Waals surface area contributed by atoms with Gasteiger partial charge in [0.1, 0.15) is 30.2 Å². The number of nitrogens with one attached hydrogen (secondary N) is 2. The minimum Gasteiger partial charge on any atom is -0.480 e. The second-order valence-corrected chi connectivity index (χ2v) is 13.4. The molecule has 0 radical (unpaired) electrons. The van der Waals surface area contributed by atoms with Crippen molar-refractivity contribution in [3.8, 4) is 0 Å². The molecule has 5 fully saturated rings. The molecule has 0 aliphatic carbocycles. The van der Waals surface area contributed by atoms with Crippen molar-refractivity contribution in [1.82, 2.24) is 30.2 Å². The molecule has 5 aliphatic heterocycles. The number of aliphatic carboxylic acids is 1. The molecule has 5 saturated heterocycles. The van der Waals surface area contributed by atoms with E-state index in [-0.39, 0.29) is 35.6 Å². The Kier molecular flexibility index (Phi) is 10.1. The zero-order chi connectivity index (χ0) is 31.5. The van der Waals surface area contributed by atoms with E-state index in [0.29, 0.717) is 77.5 Å². The van der Waals surface area contributed by atoms with Gasteiger partial charge in [0, 0.05) is 26.2 Å². The molecule has 13 nitrogen and oxygen atoms in total. The van der Waals surface area contributed by atoms with Gasteiger partial charge in [-0.15, -0.1) is 0 Å². The first-order valence-electron chi connectivity index (χ1n) is 16.6. The Hall–Kier alpha value is -3.22. The van der Waals surface area contributed by atoms with Crippen molar-refractivity contribution in [3.63, 3.8) is 0 Å². The van der Waals surface area contributed by atoms with Crippen LogP contribution in [0.3, 0.4) is 0 Å². The first-order valence-corrected chi connectivity index (χ1v) is 16.6. The van der Waals surface area contributed by atoms with Crippen LogP contribution in [0.2, 0.25) is 0 Å². The summed E-state index contributed by atoms with van der Waals surface area (Å²) in [5.74, 6) is -2.29. The molecule has 3 N–H and O–H groups in total. The van der Waals surface area contributed by atoms with E-state index >= 15 is 0 Å². The second kappa shape index (κ2) is 13.8. The van der Waals surface area contributed by atoms with Crippen LogP contribution in [-0.4, -0.2) is 129 Å². The van der Waals surface area contributed by atoms with Gasteiger partial charge in [-0.3, -0.25) is 24.0 Å². The molecule has 13 heteroatoms. The van der Waals surface area contributed by atoms with E-state index in [1.54, 1.807) is 9.80 Å². The third kappa shape index (κ3) is 6.57. The Morgan fingerprint density at radius 2 is 1.18 bits per heavy atom. The Morgan fingerprint density at radius 3 is 1.73 bits per heavy atom. The third-order valence-corrected chi connectivity index (χ3v) is 9.98.